The van der Waals surface area contributed by atoms with Crippen LogP contribution in [-0.2, 0) is 9.53 Å². The Hall–Kier alpha value is -0.0900. The van der Waals surface area contributed by atoms with Crippen LogP contribution in [0.4, 0.5) is 0 Å². The molecule has 1 unspecified atom stereocenters. The van der Waals surface area contributed by atoms with Gasteiger partial charge in [-0.05, 0) is 31.1 Å². The Bertz CT molecular complexity index is 238. The van der Waals surface area contributed by atoms with Crippen LogP contribution in [-0.4, -0.2) is 30.5 Å². The van der Waals surface area contributed by atoms with Crippen molar-refractivity contribution >= 4 is 21.8 Å². The number of alkyl halides is 1. The minimum Gasteiger partial charge on any atom is -0.378 e. The van der Waals surface area contributed by atoms with E-state index in [0.717, 1.165) is 31.3 Å². The summed E-state index contributed by atoms with van der Waals surface area (Å²) in [5.41, 5.74) is 0.122. The summed E-state index contributed by atoms with van der Waals surface area (Å²) in [6, 6.07) is 0. The van der Waals surface area contributed by atoms with E-state index < -0.39 is 0 Å². The normalized spacial score (nSPS) is 21.2. The molecule has 0 bridgehead atoms. The Kier molecular flexibility index (Phi) is 6.49. The van der Waals surface area contributed by atoms with Crippen molar-refractivity contribution in [1.29, 1.82) is 0 Å². The molecular formula is C13H24BrNO2. The Morgan fingerprint density at radius 3 is 2.82 bits per heavy atom. The van der Waals surface area contributed by atoms with Gasteiger partial charge in [0.25, 0.3) is 0 Å². The summed E-state index contributed by atoms with van der Waals surface area (Å²) in [5, 5.41) is 3.88. The van der Waals surface area contributed by atoms with Gasteiger partial charge >= 0.3 is 0 Å². The molecule has 1 N–H and O–H groups in total. The quantitative estimate of drug-likeness (QED) is 0.766. The van der Waals surface area contributed by atoms with Gasteiger partial charge in [0.1, 0.15) is 0 Å². The number of rotatable bonds is 6. The van der Waals surface area contributed by atoms with E-state index in [2.05, 4.69) is 35.1 Å². The number of amides is 1. The maximum Gasteiger partial charge on any atom is 0.220 e. The van der Waals surface area contributed by atoms with Crippen LogP contribution in [0.5, 0.6) is 0 Å². The highest BCUT2D eigenvalue weighted by Gasteiger charge is 2.18. The van der Waals surface area contributed by atoms with Crippen LogP contribution in [0.1, 0.15) is 46.0 Å². The van der Waals surface area contributed by atoms with Gasteiger partial charge < -0.3 is 10.1 Å². The van der Waals surface area contributed by atoms with Gasteiger partial charge in [0.2, 0.25) is 5.91 Å². The average molecular weight is 306 g/mol. The van der Waals surface area contributed by atoms with E-state index in [-0.39, 0.29) is 11.3 Å². The van der Waals surface area contributed by atoms with E-state index in [4.69, 9.17) is 4.74 Å². The first-order valence-electron chi connectivity index (χ1n) is 6.48. The second-order valence-corrected chi connectivity index (χ2v) is 6.16. The van der Waals surface area contributed by atoms with Crippen molar-refractivity contribution < 1.29 is 9.53 Å². The first-order valence-corrected chi connectivity index (χ1v) is 7.60. The molecule has 1 aliphatic heterocycles. The molecule has 1 fully saturated rings. The molecule has 0 aromatic carbocycles. The van der Waals surface area contributed by atoms with Crippen molar-refractivity contribution in [3.63, 3.8) is 0 Å². The number of hydrogen-bond donors (Lipinski definition) is 1. The van der Waals surface area contributed by atoms with Gasteiger partial charge in [-0.1, -0.05) is 29.8 Å². The van der Waals surface area contributed by atoms with Crippen molar-refractivity contribution in [2.24, 2.45) is 5.41 Å². The van der Waals surface area contributed by atoms with Crippen molar-refractivity contribution in [2.75, 3.05) is 18.5 Å². The minimum atomic E-state index is 0.122. The van der Waals surface area contributed by atoms with Crippen LogP contribution in [0.2, 0.25) is 0 Å². The third-order valence-electron chi connectivity index (χ3n) is 3.09. The summed E-state index contributed by atoms with van der Waals surface area (Å²) in [7, 11) is 0. The van der Waals surface area contributed by atoms with Crippen LogP contribution < -0.4 is 5.32 Å². The maximum atomic E-state index is 11.7. The van der Waals surface area contributed by atoms with E-state index in [0.29, 0.717) is 12.5 Å². The molecule has 17 heavy (non-hydrogen) atoms. The standard InChI is InChI=1S/C13H24BrNO2/c1-13(2,9-14)10-15-12(16)7-6-11-5-3-4-8-17-11/h11H,3-10H2,1-2H3,(H,15,16). The summed E-state index contributed by atoms with van der Waals surface area (Å²) in [6.07, 6.45) is 5.27. The monoisotopic (exact) mass is 305 g/mol. The van der Waals surface area contributed by atoms with Gasteiger partial charge in [-0.25, -0.2) is 0 Å². The Morgan fingerprint density at radius 1 is 1.47 bits per heavy atom. The fraction of sp³-hybridized carbons (Fsp3) is 0.923. The zero-order chi connectivity index (χ0) is 12.7. The van der Waals surface area contributed by atoms with Crippen molar-refractivity contribution in [1.82, 2.24) is 5.32 Å². The molecule has 0 spiro atoms. The van der Waals surface area contributed by atoms with Gasteiger partial charge in [0, 0.05) is 24.9 Å². The molecule has 100 valence electrons. The molecule has 0 aliphatic carbocycles. The zero-order valence-corrected chi connectivity index (χ0v) is 12.5. The Morgan fingerprint density at radius 2 is 2.24 bits per heavy atom. The first-order chi connectivity index (χ1) is 8.03. The Labute approximate surface area is 113 Å². The lowest BCUT2D eigenvalue weighted by atomic mass is 9.96. The van der Waals surface area contributed by atoms with E-state index >= 15 is 0 Å². The molecule has 0 aromatic rings. The number of ether oxygens (including phenoxy) is 1. The topological polar surface area (TPSA) is 38.3 Å². The van der Waals surface area contributed by atoms with Crippen LogP contribution in [0.3, 0.4) is 0 Å². The predicted molar refractivity (Wildman–Crippen MR) is 73.4 cm³/mol. The number of hydrogen-bond acceptors (Lipinski definition) is 2. The van der Waals surface area contributed by atoms with Gasteiger partial charge in [-0.15, -0.1) is 0 Å². The largest absolute Gasteiger partial charge is 0.378 e. The van der Waals surface area contributed by atoms with Crippen LogP contribution in [0.25, 0.3) is 0 Å². The maximum absolute atomic E-state index is 11.7. The number of carbonyl (C=O) groups is 1. The lowest BCUT2D eigenvalue weighted by molar-refractivity contribution is -0.122. The molecule has 3 nitrogen and oxygen atoms in total. The summed E-state index contributed by atoms with van der Waals surface area (Å²) < 4.78 is 5.61. The van der Waals surface area contributed by atoms with Gasteiger partial charge in [-0.2, -0.15) is 0 Å². The molecule has 1 heterocycles. The van der Waals surface area contributed by atoms with Gasteiger partial charge in [0.05, 0.1) is 6.10 Å². The van der Waals surface area contributed by atoms with Crippen molar-refractivity contribution in [3.8, 4) is 0 Å². The Balaban J connectivity index is 2.12. The number of nitrogens with one attached hydrogen (secondary N) is 1. The third kappa shape index (κ3) is 6.41. The summed E-state index contributed by atoms with van der Waals surface area (Å²) in [5.74, 6) is 0.146. The highest BCUT2D eigenvalue weighted by Crippen LogP contribution is 2.18. The third-order valence-corrected chi connectivity index (χ3v) is 4.61. The predicted octanol–water partition coefficient (Wildman–Crippen LogP) is 2.87. The second-order valence-electron chi connectivity index (χ2n) is 5.60. The van der Waals surface area contributed by atoms with Crippen molar-refractivity contribution in [3.05, 3.63) is 0 Å². The molecule has 0 radical (unpaired) electrons. The first kappa shape index (κ1) is 15.0. The van der Waals surface area contributed by atoms with Crippen molar-refractivity contribution in [2.45, 2.75) is 52.1 Å². The lowest BCUT2D eigenvalue weighted by Crippen LogP contribution is -2.35. The second kappa shape index (κ2) is 7.37. The molecule has 1 rings (SSSR count). The molecule has 1 amide bonds. The summed E-state index contributed by atoms with van der Waals surface area (Å²) in [4.78, 5) is 11.7. The van der Waals surface area contributed by atoms with E-state index in [1.807, 2.05) is 0 Å². The van der Waals surface area contributed by atoms with E-state index in [1.54, 1.807) is 0 Å². The molecule has 1 aliphatic rings. The smallest absolute Gasteiger partial charge is 0.220 e. The van der Waals surface area contributed by atoms with Crippen LogP contribution in [0.15, 0.2) is 0 Å². The lowest BCUT2D eigenvalue weighted by Gasteiger charge is -2.24. The van der Waals surface area contributed by atoms with Gasteiger partial charge in [0.15, 0.2) is 0 Å². The molecule has 1 saturated heterocycles. The number of halogens is 1. The molecule has 0 saturated carbocycles. The fourth-order valence-electron chi connectivity index (χ4n) is 1.80. The minimum absolute atomic E-state index is 0.122. The van der Waals surface area contributed by atoms with E-state index in [9.17, 15) is 4.79 Å². The molecule has 0 aromatic heterocycles. The zero-order valence-electron chi connectivity index (χ0n) is 10.9. The van der Waals surface area contributed by atoms with Gasteiger partial charge in [-0.3, -0.25) is 4.79 Å². The summed E-state index contributed by atoms with van der Waals surface area (Å²) >= 11 is 3.45. The summed E-state index contributed by atoms with van der Waals surface area (Å²) in [6.45, 7) is 5.85. The van der Waals surface area contributed by atoms with Crippen LogP contribution in [0, 0.1) is 5.41 Å². The van der Waals surface area contributed by atoms with Crippen LogP contribution >= 0.6 is 15.9 Å². The number of carbonyl (C=O) groups excluding carboxylic acids is 1. The fourth-order valence-corrected chi connectivity index (χ4v) is 2.00. The average Bonchev–Trinajstić information content (AvgIpc) is 2.35. The SMILES string of the molecule is CC(C)(CBr)CNC(=O)CCC1CCCCO1. The highest BCUT2D eigenvalue weighted by molar-refractivity contribution is 9.09. The molecule has 4 heteroatoms. The highest BCUT2D eigenvalue weighted by atomic mass is 79.9. The molecule has 1 atom stereocenters. The molecular weight excluding hydrogens is 282 g/mol. The van der Waals surface area contributed by atoms with E-state index in [1.165, 1.54) is 12.8 Å².